The van der Waals surface area contributed by atoms with E-state index in [0.29, 0.717) is 25.1 Å². The molecule has 0 bridgehead atoms. The van der Waals surface area contributed by atoms with Crippen LogP contribution < -0.4 is 10.0 Å². The second kappa shape index (κ2) is 10.9. The third-order valence-electron chi connectivity index (χ3n) is 6.59. The van der Waals surface area contributed by atoms with E-state index in [-0.39, 0.29) is 35.2 Å². The van der Waals surface area contributed by atoms with Gasteiger partial charge in [0.05, 0.1) is 26.2 Å². The van der Waals surface area contributed by atoms with Crippen molar-refractivity contribution < 1.29 is 24.4 Å². The number of likely N-dealkylation sites (tertiary alicyclic amines) is 1. The van der Waals surface area contributed by atoms with Crippen LogP contribution in [0.2, 0.25) is 5.15 Å². The van der Waals surface area contributed by atoms with Crippen molar-refractivity contribution in [1.82, 2.24) is 14.8 Å². The number of amides is 2. The van der Waals surface area contributed by atoms with Crippen molar-refractivity contribution in [1.29, 1.82) is 0 Å². The number of aliphatic carboxylic acids is 1. The van der Waals surface area contributed by atoms with Crippen LogP contribution in [0.3, 0.4) is 0 Å². The van der Waals surface area contributed by atoms with Gasteiger partial charge in [-0.3, -0.25) is 9.59 Å². The van der Waals surface area contributed by atoms with Crippen molar-refractivity contribution in [2.75, 3.05) is 45.8 Å². The maximum Gasteiger partial charge on any atom is 0.254 e. The molecule has 1 unspecified atom stereocenters. The number of hydrogen-bond donors (Lipinski definition) is 1. The van der Waals surface area contributed by atoms with Gasteiger partial charge < -0.3 is 24.6 Å². The van der Waals surface area contributed by atoms with E-state index in [2.05, 4.69) is 4.98 Å². The Labute approximate surface area is 188 Å². The van der Waals surface area contributed by atoms with E-state index >= 15 is 0 Å². The minimum absolute atomic E-state index is 0.00942. The lowest BCUT2D eigenvalue weighted by molar-refractivity contribution is -0.898. The molecular weight excluding hydrogens is 420 g/mol. The number of carbonyl (C=O) groups is 3. The fourth-order valence-corrected chi connectivity index (χ4v) is 4.97. The first kappa shape index (κ1) is 23.5. The van der Waals surface area contributed by atoms with Gasteiger partial charge in [-0.2, -0.15) is 0 Å². The minimum Gasteiger partial charge on any atom is -0.550 e. The van der Waals surface area contributed by atoms with Crippen molar-refractivity contribution in [2.45, 2.75) is 32.6 Å². The fraction of sp³-hybridized carbons (Fsp3) is 0.636. The Morgan fingerprint density at radius 1 is 1.19 bits per heavy atom. The van der Waals surface area contributed by atoms with Crippen LogP contribution in [0.4, 0.5) is 0 Å². The van der Waals surface area contributed by atoms with Crippen molar-refractivity contribution in [3.63, 3.8) is 0 Å². The van der Waals surface area contributed by atoms with Gasteiger partial charge in [0.2, 0.25) is 5.91 Å². The van der Waals surface area contributed by atoms with Gasteiger partial charge in [0.25, 0.3) is 5.91 Å². The number of nitrogens with one attached hydrogen (secondary N) is 1. The monoisotopic (exact) mass is 450 g/mol. The Hall–Kier alpha value is -2.19. The Bertz CT molecular complexity index is 805. The van der Waals surface area contributed by atoms with Crippen LogP contribution in [-0.2, 0) is 9.59 Å². The Morgan fingerprint density at radius 3 is 2.71 bits per heavy atom. The molecular formula is C22H31ClN4O4. The van der Waals surface area contributed by atoms with Gasteiger partial charge >= 0.3 is 0 Å². The van der Waals surface area contributed by atoms with E-state index in [9.17, 15) is 19.5 Å². The standard InChI is InChI=1S/C22H31ClN4O4/c1-16(28)26-8-2-7-25(11-12-26)9-4-19-15-27(10-5-17(19)14-21(29)30)22(31)18-3-6-24-20(23)13-18/h3,6,13,17,19H,2,4-5,7-12,14-15H2,1H3,(H,29,30)/t17-,19-/m0/s1. The summed E-state index contributed by atoms with van der Waals surface area (Å²) in [7, 11) is 0. The third kappa shape index (κ3) is 6.64. The molecule has 170 valence electrons. The number of aromatic nitrogens is 1. The number of quaternary nitrogens is 1. The number of carboxylic acids is 1. The highest BCUT2D eigenvalue weighted by Gasteiger charge is 2.33. The molecule has 8 nitrogen and oxygen atoms in total. The second-order valence-corrected chi connectivity index (χ2v) is 9.04. The fourth-order valence-electron chi connectivity index (χ4n) is 4.80. The zero-order chi connectivity index (χ0) is 22.4. The molecule has 2 amide bonds. The summed E-state index contributed by atoms with van der Waals surface area (Å²) < 4.78 is 0. The van der Waals surface area contributed by atoms with Crippen molar-refractivity contribution in [2.24, 2.45) is 11.8 Å². The zero-order valence-corrected chi connectivity index (χ0v) is 18.8. The second-order valence-electron chi connectivity index (χ2n) is 8.65. The zero-order valence-electron chi connectivity index (χ0n) is 18.0. The number of carbonyl (C=O) groups excluding carboxylic acids is 3. The average molecular weight is 451 g/mol. The Morgan fingerprint density at radius 2 is 2.00 bits per heavy atom. The number of pyridine rings is 1. The lowest BCUT2D eigenvalue weighted by atomic mass is 9.81. The summed E-state index contributed by atoms with van der Waals surface area (Å²) in [5, 5.41) is 11.6. The van der Waals surface area contributed by atoms with E-state index in [1.807, 2.05) is 4.90 Å². The Balaban J connectivity index is 1.62. The maximum atomic E-state index is 12.9. The molecule has 2 saturated heterocycles. The molecule has 1 N–H and O–H groups in total. The molecule has 2 aliphatic rings. The van der Waals surface area contributed by atoms with Crippen LogP contribution >= 0.6 is 11.6 Å². The number of piperidine rings is 1. The summed E-state index contributed by atoms with van der Waals surface area (Å²) in [5.41, 5.74) is 0.500. The predicted octanol–water partition coefficient (Wildman–Crippen LogP) is -0.519. The maximum absolute atomic E-state index is 12.9. The molecule has 3 heterocycles. The van der Waals surface area contributed by atoms with Crippen molar-refractivity contribution >= 4 is 29.4 Å². The van der Waals surface area contributed by atoms with Gasteiger partial charge in [-0.05, 0) is 36.8 Å². The number of carboxylic acid groups (broad SMARTS) is 1. The largest absolute Gasteiger partial charge is 0.550 e. The van der Waals surface area contributed by atoms with Crippen LogP contribution in [0.15, 0.2) is 18.3 Å². The van der Waals surface area contributed by atoms with E-state index < -0.39 is 5.97 Å². The molecule has 31 heavy (non-hydrogen) atoms. The Kier molecular flexibility index (Phi) is 8.26. The first-order chi connectivity index (χ1) is 14.8. The summed E-state index contributed by atoms with van der Waals surface area (Å²) in [6.07, 6.45) is 4.00. The molecule has 2 fully saturated rings. The van der Waals surface area contributed by atoms with Gasteiger partial charge in [0, 0.05) is 57.1 Å². The van der Waals surface area contributed by atoms with Crippen molar-refractivity contribution in [3.05, 3.63) is 29.0 Å². The molecule has 0 aromatic carbocycles. The summed E-state index contributed by atoms with van der Waals surface area (Å²) in [4.78, 5) is 44.9. The van der Waals surface area contributed by atoms with Gasteiger partial charge in [-0.1, -0.05) is 11.6 Å². The SMILES string of the molecule is CC(=O)N1CCC[NH+](CC[C@H]2CN(C(=O)c3ccnc(Cl)c3)CC[C@H]2CC(=O)[O-])CC1. The van der Waals surface area contributed by atoms with E-state index in [1.54, 1.807) is 24.0 Å². The van der Waals surface area contributed by atoms with E-state index in [1.165, 1.54) is 11.1 Å². The van der Waals surface area contributed by atoms with Gasteiger partial charge in [0.15, 0.2) is 0 Å². The van der Waals surface area contributed by atoms with Gasteiger partial charge in [-0.25, -0.2) is 4.98 Å². The average Bonchev–Trinajstić information content (AvgIpc) is 2.98. The third-order valence-corrected chi connectivity index (χ3v) is 6.80. The molecule has 2 aliphatic heterocycles. The van der Waals surface area contributed by atoms with E-state index in [0.717, 1.165) is 45.6 Å². The topological polar surface area (TPSA) is 98.1 Å². The predicted molar refractivity (Wildman–Crippen MR) is 113 cm³/mol. The highest BCUT2D eigenvalue weighted by atomic mass is 35.5. The number of rotatable bonds is 6. The van der Waals surface area contributed by atoms with E-state index in [4.69, 9.17) is 11.6 Å². The molecule has 1 aromatic heterocycles. The molecule has 0 spiro atoms. The lowest BCUT2D eigenvalue weighted by Gasteiger charge is -2.39. The molecule has 0 radical (unpaired) electrons. The summed E-state index contributed by atoms with van der Waals surface area (Å²) in [6, 6.07) is 3.22. The van der Waals surface area contributed by atoms with Crippen LogP contribution in [-0.4, -0.2) is 78.4 Å². The molecule has 1 aromatic rings. The lowest BCUT2D eigenvalue weighted by Crippen LogP contribution is -3.12. The normalized spacial score (nSPS) is 24.5. The minimum atomic E-state index is -1.03. The highest BCUT2D eigenvalue weighted by Crippen LogP contribution is 2.29. The van der Waals surface area contributed by atoms with Gasteiger partial charge in [0.1, 0.15) is 5.15 Å². The quantitative estimate of drug-likeness (QED) is 0.588. The first-order valence-electron chi connectivity index (χ1n) is 11.0. The molecule has 3 rings (SSSR count). The van der Waals surface area contributed by atoms with Crippen LogP contribution in [0, 0.1) is 11.8 Å². The number of hydrogen-bond acceptors (Lipinski definition) is 5. The summed E-state index contributed by atoms with van der Waals surface area (Å²) in [5.74, 6) is -0.897. The van der Waals surface area contributed by atoms with Crippen LogP contribution in [0.5, 0.6) is 0 Å². The van der Waals surface area contributed by atoms with Gasteiger partial charge in [-0.15, -0.1) is 0 Å². The molecule has 3 atom stereocenters. The highest BCUT2D eigenvalue weighted by molar-refractivity contribution is 6.29. The van der Waals surface area contributed by atoms with Crippen LogP contribution in [0.1, 0.15) is 43.0 Å². The summed E-state index contributed by atoms with van der Waals surface area (Å²) in [6.45, 7) is 7.02. The molecule has 0 saturated carbocycles. The van der Waals surface area contributed by atoms with Crippen molar-refractivity contribution in [3.8, 4) is 0 Å². The smallest absolute Gasteiger partial charge is 0.254 e. The molecule has 9 heteroatoms. The molecule has 0 aliphatic carbocycles. The number of halogens is 1. The first-order valence-corrected chi connectivity index (χ1v) is 11.4. The number of nitrogens with zero attached hydrogens (tertiary/aromatic N) is 3. The summed E-state index contributed by atoms with van der Waals surface area (Å²) >= 11 is 5.93. The van der Waals surface area contributed by atoms with Crippen LogP contribution in [0.25, 0.3) is 0 Å².